The van der Waals surface area contributed by atoms with E-state index in [1.165, 1.54) is 12.1 Å². The minimum absolute atomic E-state index is 0.218. The first-order valence-corrected chi connectivity index (χ1v) is 6.72. The van der Waals surface area contributed by atoms with Crippen molar-refractivity contribution in [2.75, 3.05) is 0 Å². The van der Waals surface area contributed by atoms with Crippen molar-refractivity contribution < 1.29 is 4.39 Å². The highest BCUT2D eigenvalue weighted by Gasteiger charge is 2.04. The van der Waals surface area contributed by atoms with Crippen molar-refractivity contribution in [2.45, 2.75) is 16.3 Å². The molecule has 1 nitrogen and oxygen atoms in total. The number of benzene rings is 2. The summed E-state index contributed by atoms with van der Waals surface area (Å²) in [5, 5.41) is 0. The van der Waals surface area contributed by atoms with Crippen molar-refractivity contribution in [1.82, 2.24) is 0 Å². The normalized spacial score (nSPS) is 10.5. The van der Waals surface area contributed by atoms with Gasteiger partial charge in [-0.25, -0.2) is 4.39 Å². The molecule has 2 rings (SSSR count). The van der Waals surface area contributed by atoms with Crippen LogP contribution in [0.25, 0.3) is 0 Å². The Labute approximate surface area is 112 Å². The molecule has 0 heterocycles. The van der Waals surface area contributed by atoms with E-state index in [4.69, 9.17) is 5.73 Å². The minimum Gasteiger partial charge on any atom is -0.326 e. The van der Waals surface area contributed by atoms with Crippen molar-refractivity contribution >= 4 is 27.7 Å². The number of hydrogen-bond donors (Lipinski definition) is 1. The molecule has 0 atom stereocenters. The van der Waals surface area contributed by atoms with Crippen LogP contribution in [-0.4, -0.2) is 0 Å². The Hall–Kier alpha value is -0.840. The van der Waals surface area contributed by atoms with Crippen LogP contribution in [0.5, 0.6) is 0 Å². The van der Waals surface area contributed by atoms with E-state index in [2.05, 4.69) is 15.9 Å². The van der Waals surface area contributed by atoms with Crippen LogP contribution >= 0.6 is 27.7 Å². The van der Waals surface area contributed by atoms with E-state index in [0.717, 1.165) is 19.8 Å². The Balaban J connectivity index is 2.26. The van der Waals surface area contributed by atoms with Gasteiger partial charge in [0.25, 0.3) is 0 Å². The first-order chi connectivity index (χ1) is 8.19. The molecule has 0 aromatic heterocycles. The summed E-state index contributed by atoms with van der Waals surface area (Å²) in [5.41, 5.74) is 6.78. The summed E-state index contributed by atoms with van der Waals surface area (Å²) < 4.78 is 13.8. The molecule has 0 radical (unpaired) electrons. The van der Waals surface area contributed by atoms with Crippen LogP contribution in [-0.2, 0) is 6.54 Å². The molecule has 2 N–H and O–H groups in total. The molecular weight excluding hydrogens is 301 g/mol. The zero-order valence-corrected chi connectivity index (χ0v) is 11.4. The van der Waals surface area contributed by atoms with Gasteiger partial charge in [0.15, 0.2) is 0 Å². The summed E-state index contributed by atoms with van der Waals surface area (Å²) in [7, 11) is 0. The lowest BCUT2D eigenvalue weighted by Gasteiger charge is -2.08. The fourth-order valence-corrected chi connectivity index (χ4v) is 2.78. The second-order valence-electron chi connectivity index (χ2n) is 3.51. The molecule has 0 unspecified atom stereocenters. The van der Waals surface area contributed by atoms with Gasteiger partial charge in [0, 0.05) is 20.8 Å². The summed E-state index contributed by atoms with van der Waals surface area (Å²) >= 11 is 5.01. The molecule has 0 aliphatic carbocycles. The average Bonchev–Trinajstić information content (AvgIpc) is 2.34. The second kappa shape index (κ2) is 5.67. The monoisotopic (exact) mass is 311 g/mol. The van der Waals surface area contributed by atoms with Gasteiger partial charge < -0.3 is 5.73 Å². The smallest absolute Gasteiger partial charge is 0.123 e. The van der Waals surface area contributed by atoms with Crippen LogP contribution in [0.3, 0.4) is 0 Å². The van der Waals surface area contributed by atoms with Crippen LogP contribution in [0.1, 0.15) is 5.56 Å². The average molecular weight is 312 g/mol. The quantitative estimate of drug-likeness (QED) is 0.919. The molecule has 0 amide bonds. The predicted molar refractivity (Wildman–Crippen MR) is 72.6 cm³/mol. The summed E-state index contributed by atoms with van der Waals surface area (Å²) in [6.45, 7) is 0.489. The van der Waals surface area contributed by atoms with Crippen molar-refractivity contribution in [3.8, 4) is 0 Å². The number of hydrogen-bond acceptors (Lipinski definition) is 2. The standard InChI is InChI=1S/C13H11BrFNS/c14-10-1-6-13(9(7-10)8-16)17-12-4-2-11(15)3-5-12/h1-7H,8,16H2. The molecule has 0 spiro atoms. The van der Waals surface area contributed by atoms with Crippen LogP contribution in [0.4, 0.5) is 4.39 Å². The van der Waals surface area contributed by atoms with Crippen molar-refractivity contribution in [1.29, 1.82) is 0 Å². The maximum Gasteiger partial charge on any atom is 0.123 e. The first kappa shape index (κ1) is 12.6. The molecular formula is C13H11BrFNS. The van der Waals surface area contributed by atoms with Crippen LogP contribution in [0.2, 0.25) is 0 Å². The molecule has 0 saturated carbocycles. The van der Waals surface area contributed by atoms with E-state index in [1.807, 2.05) is 18.2 Å². The molecule has 0 aliphatic rings. The largest absolute Gasteiger partial charge is 0.326 e. The lowest BCUT2D eigenvalue weighted by molar-refractivity contribution is 0.626. The molecule has 0 fully saturated rings. The molecule has 0 bridgehead atoms. The zero-order chi connectivity index (χ0) is 12.3. The molecule has 2 aromatic rings. The van der Waals surface area contributed by atoms with E-state index in [0.29, 0.717) is 6.54 Å². The summed E-state index contributed by atoms with van der Waals surface area (Å²) in [5.74, 6) is -0.218. The van der Waals surface area contributed by atoms with Gasteiger partial charge >= 0.3 is 0 Å². The third-order valence-electron chi connectivity index (χ3n) is 2.28. The van der Waals surface area contributed by atoms with E-state index in [-0.39, 0.29) is 5.82 Å². The van der Waals surface area contributed by atoms with E-state index in [1.54, 1.807) is 23.9 Å². The lowest BCUT2D eigenvalue weighted by atomic mass is 10.2. The molecule has 0 aliphatic heterocycles. The third-order valence-corrected chi connectivity index (χ3v) is 3.90. The van der Waals surface area contributed by atoms with Gasteiger partial charge in [0.2, 0.25) is 0 Å². The third kappa shape index (κ3) is 3.31. The number of rotatable bonds is 3. The molecule has 0 saturated heterocycles. The summed E-state index contributed by atoms with van der Waals surface area (Å²) in [6.07, 6.45) is 0. The van der Waals surface area contributed by atoms with Gasteiger partial charge in [-0.1, -0.05) is 27.7 Å². The Morgan fingerprint density at radius 1 is 1.12 bits per heavy atom. The van der Waals surface area contributed by atoms with Crippen LogP contribution in [0.15, 0.2) is 56.7 Å². The highest BCUT2D eigenvalue weighted by atomic mass is 79.9. The van der Waals surface area contributed by atoms with E-state index >= 15 is 0 Å². The van der Waals surface area contributed by atoms with Crippen molar-refractivity contribution in [3.05, 3.63) is 58.3 Å². The maximum atomic E-state index is 12.8. The van der Waals surface area contributed by atoms with Gasteiger partial charge in [-0.2, -0.15) is 0 Å². The van der Waals surface area contributed by atoms with Crippen molar-refractivity contribution in [3.63, 3.8) is 0 Å². The van der Waals surface area contributed by atoms with Gasteiger partial charge in [0.1, 0.15) is 5.82 Å². The minimum atomic E-state index is -0.218. The maximum absolute atomic E-state index is 12.8. The topological polar surface area (TPSA) is 26.0 Å². The fraction of sp³-hybridized carbons (Fsp3) is 0.0769. The summed E-state index contributed by atoms with van der Waals surface area (Å²) in [4.78, 5) is 2.10. The Morgan fingerprint density at radius 2 is 1.82 bits per heavy atom. The van der Waals surface area contributed by atoms with E-state index in [9.17, 15) is 4.39 Å². The van der Waals surface area contributed by atoms with Crippen LogP contribution in [0, 0.1) is 5.82 Å². The predicted octanol–water partition coefficient (Wildman–Crippen LogP) is 4.20. The lowest BCUT2D eigenvalue weighted by Crippen LogP contribution is -1.98. The number of halogens is 2. The summed E-state index contributed by atoms with van der Waals surface area (Å²) in [6, 6.07) is 12.5. The highest BCUT2D eigenvalue weighted by Crippen LogP contribution is 2.31. The first-order valence-electron chi connectivity index (χ1n) is 5.11. The van der Waals surface area contributed by atoms with Gasteiger partial charge in [0.05, 0.1) is 0 Å². The molecule has 2 aromatic carbocycles. The van der Waals surface area contributed by atoms with E-state index < -0.39 is 0 Å². The van der Waals surface area contributed by atoms with Gasteiger partial charge in [-0.3, -0.25) is 0 Å². The van der Waals surface area contributed by atoms with Crippen LogP contribution < -0.4 is 5.73 Å². The second-order valence-corrected chi connectivity index (χ2v) is 5.54. The SMILES string of the molecule is NCc1cc(Br)ccc1Sc1ccc(F)cc1. The van der Waals surface area contributed by atoms with Crippen molar-refractivity contribution in [2.24, 2.45) is 5.73 Å². The number of nitrogens with two attached hydrogens (primary N) is 1. The Bertz CT molecular complexity index is 513. The fourth-order valence-electron chi connectivity index (χ4n) is 1.44. The molecule has 17 heavy (non-hydrogen) atoms. The van der Waals surface area contributed by atoms with Gasteiger partial charge in [-0.05, 0) is 48.0 Å². The highest BCUT2D eigenvalue weighted by molar-refractivity contribution is 9.10. The molecule has 4 heteroatoms. The Morgan fingerprint density at radius 3 is 2.47 bits per heavy atom. The molecule has 88 valence electrons. The zero-order valence-electron chi connectivity index (χ0n) is 8.99. The Kier molecular flexibility index (Phi) is 4.20. The van der Waals surface area contributed by atoms with Gasteiger partial charge in [-0.15, -0.1) is 0 Å².